The molecule has 0 saturated heterocycles. The fraction of sp³-hybridized carbons (Fsp3) is 0.467. The van der Waals surface area contributed by atoms with Crippen LogP contribution in [0.5, 0.6) is 0 Å². The van der Waals surface area contributed by atoms with Gasteiger partial charge in [-0.3, -0.25) is 0 Å². The number of benzene rings is 1. The molecular weight excluding hydrogens is 283 g/mol. The van der Waals surface area contributed by atoms with Crippen LogP contribution >= 0.6 is 0 Å². The Morgan fingerprint density at radius 3 is 2.45 bits per heavy atom. The number of hydrogen-bond acceptors (Lipinski definition) is 6. The molecule has 0 saturated carbocycles. The summed E-state index contributed by atoms with van der Waals surface area (Å²) in [5.41, 5.74) is 12.5. The third-order valence-electron chi connectivity index (χ3n) is 3.46. The maximum Gasteiger partial charge on any atom is 0.222 e. The molecule has 1 aromatic rings. The highest BCUT2D eigenvalue weighted by atomic mass is 19.1. The summed E-state index contributed by atoms with van der Waals surface area (Å²) in [7, 11) is 0. The van der Waals surface area contributed by atoms with E-state index in [1.807, 2.05) is 43.6 Å². The molecule has 0 fully saturated rings. The Balaban J connectivity index is 2.49. The number of rotatable bonds is 4. The van der Waals surface area contributed by atoms with E-state index in [2.05, 4.69) is 9.98 Å². The van der Waals surface area contributed by atoms with Gasteiger partial charge in [-0.15, -0.1) is 0 Å². The highest BCUT2D eigenvalue weighted by Gasteiger charge is 2.33. The molecule has 1 aliphatic rings. The van der Waals surface area contributed by atoms with E-state index in [1.165, 1.54) is 12.1 Å². The Bertz CT molecular complexity index is 595. The molecule has 0 radical (unpaired) electrons. The Kier molecular flexibility index (Phi) is 4.54. The molecule has 0 aliphatic carbocycles. The van der Waals surface area contributed by atoms with Gasteiger partial charge in [-0.05, 0) is 45.9 Å². The normalized spacial score (nSPS) is 18.5. The van der Waals surface area contributed by atoms with Crippen LogP contribution in [-0.4, -0.2) is 35.2 Å². The minimum atomic E-state index is -0.459. The van der Waals surface area contributed by atoms with E-state index in [1.54, 1.807) is 6.07 Å². The third kappa shape index (κ3) is 3.13. The van der Waals surface area contributed by atoms with Crippen molar-refractivity contribution in [1.82, 2.24) is 4.90 Å². The molecule has 1 atom stereocenters. The molecule has 6 nitrogen and oxygen atoms in total. The Morgan fingerprint density at radius 1 is 1.23 bits per heavy atom. The summed E-state index contributed by atoms with van der Waals surface area (Å²) in [6.07, 6.45) is -0.459. The van der Waals surface area contributed by atoms with Crippen molar-refractivity contribution in [3.63, 3.8) is 0 Å². The lowest BCUT2D eigenvalue weighted by Crippen LogP contribution is -2.59. The molecule has 2 rings (SSSR count). The topological polar surface area (TPSA) is 83.2 Å². The highest BCUT2D eigenvalue weighted by molar-refractivity contribution is 5.95. The average molecular weight is 306 g/mol. The van der Waals surface area contributed by atoms with E-state index in [0.717, 1.165) is 5.69 Å². The van der Waals surface area contributed by atoms with Gasteiger partial charge in [-0.25, -0.2) is 9.38 Å². The SMILES string of the molecule is CC(C)N1C(N)=NC(N)=NC1N(c1cccc(F)c1)C(C)C. The first-order chi connectivity index (χ1) is 10.3. The fourth-order valence-electron chi connectivity index (χ4n) is 2.57. The third-order valence-corrected chi connectivity index (χ3v) is 3.46. The summed E-state index contributed by atoms with van der Waals surface area (Å²) in [4.78, 5) is 12.3. The number of hydrogen-bond donors (Lipinski definition) is 2. The van der Waals surface area contributed by atoms with Crippen LogP contribution in [0.2, 0.25) is 0 Å². The molecule has 0 spiro atoms. The van der Waals surface area contributed by atoms with Crippen molar-refractivity contribution in [2.24, 2.45) is 21.5 Å². The van der Waals surface area contributed by atoms with E-state index < -0.39 is 6.29 Å². The monoisotopic (exact) mass is 306 g/mol. The number of aliphatic imine (C=N–C) groups is 2. The van der Waals surface area contributed by atoms with Crippen molar-refractivity contribution < 1.29 is 4.39 Å². The Labute approximate surface area is 130 Å². The van der Waals surface area contributed by atoms with Gasteiger partial charge >= 0.3 is 0 Å². The van der Waals surface area contributed by atoms with Crippen molar-refractivity contribution in [1.29, 1.82) is 0 Å². The fourth-order valence-corrected chi connectivity index (χ4v) is 2.57. The number of halogens is 1. The van der Waals surface area contributed by atoms with E-state index >= 15 is 0 Å². The smallest absolute Gasteiger partial charge is 0.222 e. The molecule has 0 aromatic heterocycles. The summed E-state index contributed by atoms with van der Waals surface area (Å²) >= 11 is 0. The highest BCUT2D eigenvalue weighted by Crippen LogP contribution is 2.26. The van der Waals surface area contributed by atoms with E-state index in [0.29, 0.717) is 5.96 Å². The van der Waals surface area contributed by atoms with Crippen molar-refractivity contribution in [3.8, 4) is 0 Å². The second kappa shape index (κ2) is 6.21. The minimum Gasteiger partial charge on any atom is -0.369 e. The van der Waals surface area contributed by atoms with Crippen LogP contribution in [0.3, 0.4) is 0 Å². The lowest BCUT2D eigenvalue weighted by molar-refractivity contribution is 0.243. The molecule has 120 valence electrons. The molecule has 4 N–H and O–H groups in total. The van der Waals surface area contributed by atoms with Crippen molar-refractivity contribution in [3.05, 3.63) is 30.1 Å². The van der Waals surface area contributed by atoms with Gasteiger partial charge in [0.25, 0.3) is 0 Å². The predicted octanol–water partition coefficient (Wildman–Crippen LogP) is 1.68. The molecule has 0 amide bonds. The number of anilines is 1. The van der Waals surface area contributed by atoms with Gasteiger partial charge in [0.15, 0.2) is 0 Å². The summed E-state index contributed by atoms with van der Waals surface area (Å²) in [5, 5.41) is 0. The zero-order chi connectivity index (χ0) is 16.4. The molecule has 7 heteroatoms. The van der Waals surface area contributed by atoms with E-state index in [9.17, 15) is 4.39 Å². The van der Waals surface area contributed by atoms with Gasteiger partial charge in [-0.1, -0.05) is 6.07 Å². The maximum atomic E-state index is 13.6. The van der Waals surface area contributed by atoms with Crippen LogP contribution in [0.25, 0.3) is 0 Å². The van der Waals surface area contributed by atoms with Crippen LogP contribution in [0.15, 0.2) is 34.3 Å². The largest absolute Gasteiger partial charge is 0.369 e. The van der Waals surface area contributed by atoms with Crippen LogP contribution < -0.4 is 16.4 Å². The molecular formula is C15H23FN6. The summed E-state index contributed by atoms with van der Waals surface area (Å²) in [5.74, 6) is 0.143. The van der Waals surface area contributed by atoms with Crippen LogP contribution in [0.1, 0.15) is 27.7 Å². The molecule has 22 heavy (non-hydrogen) atoms. The van der Waals surface area contributed by atoms with Gasteiger partial charge in [0, 0.05) is 17.8 Å². The Morgan fingerprint density at radius 2 is 1.91 bits per heavy atom. The molecule has 1 aromatic carbocycles. The van der Waals surface area contributed by atoms with E-state index in [4.69, 9.17) is 11.5 Å². The van der Waals surface area contributed by atoms with Crippen molar-refractivity contribution in [2.45, 2.75) is 46.1 Å². The molecule has 1 unspecified atom stereocenters. The first-order valence-corrected chi connectivity index (χ1v) is 7.31. The Hall–Kier alpha value is -2.31. The van der Waals surface area contributed by atoms with Crippen molar-refractivity contribution >= 4 is 17.6 Å². The number of guanidine groups is 2. The van der Waals surface area contributed by atoms with Gasteiger partial charge < -0.3 is 21.3 Å². The van der Waals surface area contributed by atoms with Gasteiger partial charge in [0.2, 0.25) is 18.2 Å². The maximum absolute atomic E-state index is 13.6. The van der Waals surface area contributed by atoms with E-state index in [-0.39, 0.29) is 23.9 Å². The standard InChI is InChI=1S/C15H23FN6/c1-9(2)21(12-7-5-6-11(16)8-12)15-20-13(17)19-14(18)22(15)10(3)4/h5-10,15H,1-4H3,(H4,17,18,19,20). The van der Waals surface area contributed by atoms with Crippen molar-refractivity contribution in [2.75, 3.05) is 4.90 Å². The second-order valence-electron chi connectivity index (χ2n) is 5.79. The summed E-state index contributed by atoms with van der Waals surface area (Å²) in [6.45, 7) is 8.01. The molecule has 0 bridgehead atoms. The quantitative estimate of drug-likeness (QED) is 0.886. The molecule has 1 heterocycles. The zero-order valence-corrected chi connectivity index (χ0v) is 13.4. The summed E-state index contributed by atoms with van der Waals surface area (Å²) < 4.78 is 13.6. The first-order valence-electron chi connectivity index (χ1n) is 7.31. The van der Waals surface area contributed by atoms with Crippen LogP contribution in [0, 0.1) is 5.82 Å². The zero-order valence-electron chi connectivity index (χ0n) is 13.4. The predicted molar refractivity (Wildman–Crippen MR) is 88.0 cm³/mol. The second-order valence-corrected chi connectivity index (χ2v) is 5.79. The van der Waals surface area contributed by atoms with Crippen LogP contribution in [0.4, 0.5) is 10.1 Å². The number of nitrogens with zero attached hydrogens (tertiary/aromatic N) is 4. The van der Waals surface area contributed by atoms with Gasteiger partial charge in [0.1, 0.15) is 5.82 Å². The number of nitrogens with two attached hydrogens (primary N) is 2. The lowest BCUT2D eigenvalue weighted by Gasteiger charge is -2.44. The first kappa shape index (κ1) is 16.1. The van der Waals surface area contributed by atoms with Crippen LogP contribution in [-0.2, 0) is 0 Å². The summed E-state index contributed by atoms with van der Waals surface area (Å²) in [6, 6.07) is 6.54. The average Bonchev–Trinajstić information content (AvgIpc) is 2.36. The molecule has 1 aliphatic heterocycles. The van der Waals surface area contributed by atoms with Gasteiger partial charge in [0.05, 0.1) is 0 Å². The van der Waals surface area contributed by atoms with Gasteiger partial charge in [-0.2, -0.15) is 4.99 Å². The minimum absolute atomic E-state index is 0.0653. The lowest BCUT2D eigenvalue weighted by atomic mass is 10.2.